The molecule has 3 rings (SSSR count). The highest BCUT2D eigenvalue weighted by molar-refractivity contribution is 8.00. The second-order valence-electron chi connectivity index (χ2n) is 6.90. The molecule has 2 aromatic heterocycles. The maximum absolute atomic E-state index is 13.0. The Bertz CT molecular complexity index is 1070. The SMILES string of the molecule is CC(=O)c1c(C)[nH]c(C(=O)C(C)Sc2nnnn2-c2cccc(C)c2C)c1C. The van der Waals surface area contributed by atoms with Crippen LogP contribution in [0.4, 0.5) is 0 Å². The zero-order valence-electron chi connectivity index (χ0n) is 16.8. The molecule has 0 saturated carbocycles. The quantitative estimate of drug-likeness (QED) is 0.502. The van der Waals surface area contributed by atoms with Crippen molar-refractivity contribution in [3.05, 3.63) is 51.8 Å². The van der Waals surface area contributed by atoms with Crippen LogP contribution in [0.3, 0.4) is 0 Å². The Morgan fingerprint density at radius 3 is 2.50 bits per heavy atom. The highest BCUT2D eigenvalue weighted by atomic mass is 32.2. The van der Waals surface area contributed by atoms with E-state index in [1.54, 1.807) is 18.5 Å². The summed E-state index contributed by atoms with van der Waals surface area (Å²) < 4.78 is 1.66. The first-order valence-corrected chi connectivity index (χ1v) is 9.86. The van der Waals surface area contributed by atoms with E-state index in [9.17, 15) is 9.59 Å². The molecule has 1 unspecified atom stereocenters. The standard InChI is InChI=1S/C20H23N5O2S/c1-10-8-7-9-16(11(10)2)25-20(22-23-24-25)28-15(6)19(27)18-12(3)17(14(5)26)13(4)21-18/h7-9,15,21H,1-6H3. The van der Waals surface area contributed by atoms with Crippen molar-refractivity contribution in [1.29, 1.82) is 0 Å². The zero-order chi connectivity index (χ0) is 20.6. The molecule has 0 amide bonds. The number of Topliss-reactive ketones (excluding diaryl/α,β-unsaturated/α-hetero) is 2. The molecule has 0 aliphatic rings. The first kappa shape index (κ1) is 20.0. The Morgan fingerprint density at radius 2 is 1.86 bits per heavy atom. The zero-order valence-corrected chi connectivity index (χ0v) is 17.6. The van der Waals surface area contributed by atoms with E-state index < -0.39 is 5.25 Å². The van der Waals surface area contributed by atoms with E-state index in [-0.39, 0.29) is 11.6 Å². The van der Waals surface area contributed by atoms with Gasteiger partial charge in [0.15, 0.2) is 11.6 Å². The molecule has 0 radical (unpaired) electrons. The molecule has 1 atom stereocenters. The summed E-state index contributed by atoms with van der Waals surface area (Å²) in [5.41, 5.74) is 5.56. The number of benzene rings is 1. The van der Waals surface area contributed by atoms with E-state index in [2.05, 4.69) is 20.5 Å². The first-order chi connectivity index (χ1) is 13.2. The van der Waals surface area contributed by atoms with Crippen LogP contribution in [0.15, 0.2) is 23.4 Å². The van der Waals surface area contributed by atoms with Crippen LogP contribution in [0.5, 0.6) is 0 Å². The van der Waals surface area contributed by atoms with Gasteiger partial charge in [0.1, 0.15) is 0 Å². The third-order valence-electron chi connectivity index (χ3n) is 4.93. The Balaban J connectivity index is 1.89. The van der Waals surface area contributed by atoms with Gasteiger partial charge >= 0.3 is 0 Å². The van der Waals surface area contributed by atoms with Crippen molar-refractivity contribution in [2.24, 2.45) is 0 Å². The Labute approximate surface area is 167 Å². The normalized spacial score (nSPS) is 12.2. The lowest BCUT2D eigenvalue weighted by Crippen LogP contribution is -2.16. The van der Waals surface area contributed by atoms with E-state index in [1.165, 1.54) is 18.7 Å². The molecule has 0 spiro atoms. The van der Waals surface area contributed by atoms with Gasteiger partial charge in [0.05, 0.1) is 16.6 Å². The molecule has 1 aromatic carbocycles. The summed E-state index contributed by atoms with van der Waals surface area (Å²) in [6, 6.07) is 5.94. The molecule has 7 nitrogen and oxygen atoms in total. The second kappa shape index (κ2) is 7.71. The minimum Gasteiger partial charge on any atom is -0.355 e. The van der Waals surface area contributed by atoms with Crippen LogP contribution in [0, 0.1) is 27.7 Å². The van der Waals surface area contributed by atoms with Gasteiger partial charge in [0.25, 0.3) is 0 Å². The highest BCUT2D eigenvalue weighted by Gasteiger charge is 2.26. The summed E-state index contributed by atoms with van der Waals surface area (Å²) in [6.45, 7) is 11.0. The fourth-order valence-corrected chi connectivity index (χ4v) is 4.17. The van der Waals surface area contributed by atoms with Gasteiger partial charge in [-0.2, -0.15) is 4.68 Å². The van der Waals surface area contributed by atoms with Gasteiger partial charge < -0.3 is 4.98 Å². The van der Waals surface area contributed by atoms with Gasteiger partial charge in [-0.15, -0.1) is 5.10 Å². The topological polar surface area (TPSA) is 93.5 Å². The third kappa shape index (κ3) is 3.52. The van der Waals surface area contributed by atoms with E-state index in [0.29, 0.717) is 27.7 Å². The summed E-state index contributed by atoms with van der Waals surface area (Å²) in [5.74, 6) is -0.141. The maximum Gasteiger partial charge on any atom is 0.214 e. The van der Waals surface area contributed by atoms with Crippen molar-refractivity contribution in [1.82, 2.24) is 25.2 Å². The summed E-state index contributed by atoms with van der Waals surface area (Å²) >= 11 is 1.29. The van der Waals surface area contributed by atoms with E-state index in [4.69, 9.17) is 0 Å². The number of carbonyl (C=O) groups excluding carboxylic acids is 2. The summed E-state index contributed by atoms with van der Waals surface area (Å²) in [6.07, 6.45) is 0. The van der Waals surface area contributed by atoms with Gasteiger partial charge in [0.2, 0.25) is 5.16 Å². The largest absolute Gasteiger partial charge is 0.355 e. The predicted octanol–water partition coefficient (Wildman–Crippen LogP) is 3.79. The number of tetrazole rings is 1. The number of H-pyrrole nitrogens is 1. The molecule has 0 saturated heterocycles. The number of thioether (sulfide) groups is 1. The van der Waals surface area contributed by atoms with Gasteiger partial charge in [0, 0.05) is 11.3 Å². The minimum atomic E-state index is -0.425. The van der Waals surface area contributed by atoms with Crippen LogP contribution < -0.4 is 0 Å². The van der Waals surface area contributed by atoms with Crippen LogP contribution in [-0.4, -0.2) is 42.0 Å². The van der Waals surface area contributed by atoms with Crippen molar-refractivity contribution in [2.75, 3.05) is 0 Å². The number of aromatic amines is 1. The number of aryl methyl sites for hydroxylation is 2. The summed E-state index contributed by atoms with van der Waals surface area (Å²) in [5, 5.41) is 12.1. The lowest BCUT2D eigenvalue weighted by molar-refractivity contribution is 0.0988. The second-order valence-corrected chi connectivity index (χ2v) is 8.21. The summed E-state index contributed by atoms with van der Waals surface area (Å²) in [4.78, 5) is 27.9. The number of rotatable bonds is 6. The molecule has 0 aliphatic carbocycles. The molecule has 146 valence electrons. The van der Waals surface area contributed by atoms with Gasteiger partial charge in [-0.1, -0.05) is 23.9 Å². The molecule has 0 bridgehead atoms. The molecule has 0 fully saturated rings. The van der Waals surface area contributed by atoms with Crippen molar-refractivity contribution in [3.8, 4) is 5.69 Å². The fraction of sp³-hybridized carbons (Fsp3) is 0.350. The predicted molar refractivity (Wildman–Crippen MR) is 109 cm³/mol. The lowest BCUT2D eigenvalue weighted by atomic mass is 10.0. The van der Waals surface area contributed by atoms with Crippen LogP contribution in [0.25, 0.3) is 5.69 Å². The van der Waals surface area contributed by atoms with Crippen molar-refractivity contribution in [2.45, 2.75) is 51.9 Å². The smallest absolute Gasteiger partial charge is 0.214 e. The van der Waals surface area contributed by atoms with Crippen molar-refractivity contribution in [3.63, 3.8) is 0 Å². The van der Waals surface area contributed by atoms with Gasteiger partial charge in [-0.25, -0.2) is 0 Å². The molecule has 28 heavy (non-hydrogen) atoms. The maximum atomic E-state index is 13.0. The lowest BCUT2D eigenvalue weighted by Gasteiger charge is -2.12. The van der Waals surface area contributed by atoms with E-state index in [1.807, 2.05) is 39.0 Å². The monoisotopic (exact) mass is 397 g/mol. The number of aromatic nitrogens is 5. The Kier molecular flexibility index (Phi) is 5.51. The van der Waals surface area contributed by atoms with Gasteiger partial charge in [-0.05, 0) is 74.7 Å². The number of ketones is 2. The molecule has 3 aromatic rings. The van der Waals surface area contributed by atoms with Crippen LogP contribution in [-0.2, 0) is 0 Å². The molecule has 1 N–H and O–H groups in total. The number of hydrogen-bond donors (Lipinski definition) is 1. The number of hydrogen-bond acceptors (Lipinski definition) is 6. The molecular weight excluding hydrogens is 374 g/mol. The number of nitrogens with one attached hydrogen (secondary N) is 1. The van der Waals surface area contributed by atoms with E-state index >= 15 is 0 Å². The molecular formula is C20H23N5O2S. The van der Waals surface area contributed by atoms with Crippen LogP contribution in [0.2, 0.25) is 0 Å². The van der Waals surface area contributed by atoms with E-state index in [0.717, 1.165) is 16.8 Å². The Hall–Kier alpha value is -2.74. The van der Waals surface area contributed by atoms with Gasteiger partial charge in [-0.3, -0.25) is 9.59 Å². The minimum absolute atomic E-state index is 0.0514. The number of carbonyl (C=O) groups is 2. The summed E-state index contributed by atoms with van der Waals surface area (Å²) in [7, 11) is 0. The molecule has 2 heterocycles. The molecule has 0 aliphatic heterocycles. The van der Waals surface area contributed by atoms with Crippen LogP contribution >= 0.6 is 11.8 Å². The third-order valence-corrected chi connectivity index (χ3v) is 5.97. The average Bonchev–Trinajstić information content (AvgIpc) is 3.20. The number of nitrogens with zero attached hydrogens (tertiary/aromatic N) is 4. The average molecular weight is 398 g/mol. The Morgan fingerprint density at radius 1 is 1.14 bits per heavy atom. The van der Waals surface area contributed by atoms with Crippen molar-refractivity contribution >= 4 is 23.3 Å². The van der Waals surface area contributed by atoms with Crippen molar-refractivity contribution < 1.29 is 9.59 Å². The molecule has 8 heteroatoms. The first-order valence-electron chi connectivity index (χ1n) is 8.98. The highest BCUT2D eigenvalue weighted by Crippen LogP contribution is 2.28. The fourth-order valence-electron chi connectivity index (χ4n) is 3.31. The van der Waals surface area contributed by atoms with Crippen LogP contribution in [0.1, 0.15) is 57.1 Å².